The highest BCUT2D eigenvalue weighted by atomic mass is 16.1. The van der Waals surface area contributed by atoms with E-state index in [0.29, 0.717) is 17.2 Å². The summed E-state index contributed by atoms with van der Waals surface area (Å²) < 4.78 is 3.26. The molecule has 1 aromatic carbocycles. The molecule has 0 fully saturated rings. The largest absolute Gasteiger partial charge is 0.354 e. The predicted octanol–water partition coefficient (Wildman–Crippen LogP) is 2.57. The Kier molecular flexibility index (Phi) is 3.53. The van der Waals surface area contributed by atoms with Gasteiger partial charge in [-0.3, -0.25) is 9.36 Å². The number of benzene rings is 1. The summed E-state index contributed by atoms with van der Waals surface area (Å²) in [6.45, 7) is 1.79. The Bertz CT molecular complexity index is 1110. The summed E-state index contributed by atoms with van der Waals surface area (Å²) in [6.07, 6.45) is 7.03. The number of nitrogens with zero attached hydrogens (tertiary/aromatic N) is 5. The van der Waals surface area contributed by atoms with E-state index in [1.807, 2.05) is 35.0 Å². The molecule has 3 aromatic heterocycles. The predicted molar refractivity (Wildman–Crippen MR) is 96.4 cm³/mol. The van der Waals surface area contributed by atoms with Crippen molar-refractivity contribution < 1.29 is 0 Å². The fourth-order valence-electron chi connectivity index (χ4n) is 2.74. The molecule has 0 aliphatic carbocycles. The third-order valence-electron chi connectivity index (χ3n) is 4.12. The molecule has 0 aliphatic rings. The van der Waals surface area contributed by atoms with Crippen LogP contribution in [0, 0.1) is 6.92 Å². The van der Waals surface area contributed by atoms with Crippen LogP contribution in [0.1, 0.15) is 5.56 Å². The Balaban J connectivity index is 1.71. The van der Waals surface area contributed by atoms with Crippen LogP contribution < -0.4 is 10.9 Å². The highest BCUT2D eigenvalue weighted by Crippen LogP contribution is 2.24. The quantitative estimate of drug-likeness (QED) is 0.624. The zero-order valence-corrected chi connectivity index (χ0v) is 13.8. The van der Waals surface area contributed by atoms with Gasteiger partial charge in [0.05, 0.1) is 17.4 Å². The first-order valence-electron chi connectivity index (χ1n) is 7.82. The maximum Gasteiger partial charge on any atom is 0.271 e. The third-order valence-corrected chi connectivity index (χ3v) is 4.12. The van der Waals surface area contributed by atoms with E-state index < -0.39 is 0 Å². The van der Waals surface area contributed by atoms with Crippen LogP contribution in [0.3, 0.4) is 0 Å². The van der Waals surface area contributed by atoms with Crippen molar-refractivity contribution in [2.24, 2.45) is 7.05 Å². The number of hydrogen-bond acceptors (Lipinski definition) is 5. The number of hydrogen-bond donors (Lipinski definition) is 1. The van der Waals surface area contributed by atoms with Crippen molar-refractivity contribution in [1.82, 2.24) is 24.3 Å². The number of fused-ring (bicyclic) bond motifs is 1. The molecule has 25 heavy (non-hydrogen) atoms. The molecule has 0 bridgehead atoms. The van der Waals surface area contributed by atoms with Crippen molar-refractivity contribution in [3.05, 3.63) is 71.0 Å². The molecule has 0 unspecified atom stereocenters. The minimum absolute atomic E-state index is 0.113. The first-order valence-corrected chi connectivity index (χ1v) is 7.82. The SMILES string of the molecule is Cc1c(Nc2ccc3c(ccn3-c3ncccn3)c2)cnn(C)c1=O. The lowest BCUT2D eigenvalue weighted by Crippen LogP contribution is -2.22. The summed E-state index contributed by atoms with van der Waals surface area (Å²) >= 11 is 0. The fourth-order valence-corrected chi connectivity index (χ4v) is 2.74. The van der Waals surface area contributed by atoms with Crippen molar-refractivity contribution in [3.8, 4) is 5.95 Å². The molecular weight excluding hydrogens is 316 g/mol. The molecule has 0 spiro atoms. The van der Waals surface area contributed by atoms with Gasteiger partial charge in [0.1, 0.15) is 0 Å². The van der Waals surface area contributed by atoms with Crippen LogP contribution in [-0.2, 0) is 7.05 Å². The number of aromatic nitrogens is 5. The summed E-state index contributed by atoms with van der Waals surface area (Å²) in [5.41, 5.74) is 3.12. The summed E-state index contributed by atoms with van der Waals surface area (Å²) in [4.78, 5) is 20.6. The molecule has 7 nitrogen and oxygen atoms in total. The fraction of sp³-hybridized carbons (Fsp3) is 0.111. The lowest BCUT2D eigenvalue weighted by Gasteiger charge is -2.10. The molecule has 0 saturated carbocycles. The van der Waals surface area contributed by atoms with Gasteiger partial charge < -0.3 is 5.32 Å². The van der Waals surface area contributed by atoms with Gasteiger partial charge in [-0.05, 0) is 37.3 Å². The van der Waals surface area contributed by atoms with Crippen LogP contribution in [0.2, 0.25) is 0 Å². The van der Waals surface area contributed by atoms with Gasteiger partial charge >= 0.3 is 0 Å². The van der Waals surface area contributed by atoms with E-state index in [1.54, 1.807) is 38.6 Å². The Morgan fingerprint density at radius 1 is 1.12 bits per heavy atom. The van der Waals surface area contributed by atoms with Crippen LogP contribution in [0.4, 0.5) is 11.4 Å². The van der Waals surface area contributed by atoms with Crippen LogP contribution >= 0.6 is 0 Å². The minimum atomic E-state index is -0.113. The number of nitrogens with one attached hydrogen (secondary N) is 1. The number of rotatable bonds is 3. The van der Waals surface area contributed by atoms with Gasteiger partial charge in [-0.25, -0.2) is 14.6 Å². The van der Waals surface area contributed by atoms with Crippen molar-refractivity contribution in [2.75, 3.05) is 5.32 Å². The molecule has 0 atom stereocenters. The monoisotopic (exact) mass is 332 g/mol. The average Bonchev–Trinajstić information content (AvgIpc) is 3.06. The van der Waals surface area contributed by atoms with Gasteiger partial charge in [0.25, 0.3) is 5.56 Å². The second kappa shape index (κ2) is 5.86. The highest BCUT2D eigenvalue weighted by Gasteiger charge is 2.08. The molecule has 4 rings (SSSR count). The second-order valence-corrected chi connectivity index (χ2v) is 5.75. The normalized spacial score (nSPS) is 11.0. The topological polar surface area (TPSA) is 77.6 Å². The smallest absolute Gasteiger partial charge is 0.271 e. The Morgan fingerprint density at radius 2 is 1.92 bits per heavy atom. The van der Waals surface area contributed by atoms with Crippen LogP contribution in [0.15, 0.2) is 59.9 Å². The summed E-state index contributed by atoms with van der Waals surface area (Å²) in [5.74, 6) is 0.629. The van der Waals surface area contributed by atoms with Gasteiger partial charge in [0.2, 0.25) is 5.95 Å². The standard InChI is InChI=1S/C18H16N6O/c1-12-15(11-21-23(2)17(12)25)22-14-4-5-16-13(10-14)6-9-24(16)18-19-7-3-8-20-18/h3-11,22H,1-2H3. The minimum Gasteiger partial charge on any atom is -0.354 e. The van der Waals surface area contributed by atoms with E-state index in [2.05, 4.69) is 20.4 Å². The average molecular weight is 332 g/mol. The van der Waals surface area contributed by atoms with Crippen molar-refractivity contribution in [1.29, 1.82) is 0 Å². The van der Waals surface area contributed by atoms with Crippen molar-refractivity contribution in [2.45, 2.75) is 6.92 Å². The molecule has 124 valence electrons. The van der Waals surface area contributed by atoms with Crippen LogP contribution in [-0.4, -0.2) is 24.3 Å². The van der Waals surface area contributed by atoms with Gasteiger partial charge in [-0.2, -0.15) is 5.10 Å². The Morgan fingerprint density at radius 3 is 2.72 bits per heavy atom. The molecule has 0 aliphatic heterocycles. The molecule has 1 N–H and O–H groups in total. The van der Waals surface area contributed by atoms with E-state index in [4.69, 9.17) is 0 Å². The third kappa shape index (κ3) is 2.65. The maximum atomic E-state index is 12.0. The summed E-state index contributed by atoms with van der Waals surface area (Å²) in [7, 11) is 1.64. The molecule has 0 saturated heterocycles. The molecular formula is C18H16N6O. The molecule has 4 aromatic rings. The zero-order chi connectivity index (χ0) is 17.4. The maximum absolute atomic E-state index is 12.0. The highest BCUT2D eigenvalue weighted by molar-refractivity contribution is 5.85. The van der Waals surface area contributed by atoms with Crippen molar-refractivity contribution >= 4 is 22.3 Å². The van der Waals surface area contributed by atoms with Crippen LogP contribution in [0.5, 0.6) is 0 Å². The van der Waals surface area contributed by atoms with E-state index in [9.17, 15) is 4.79 Å². The first kappa shape index (κ1) is 15.1. The van der Waals surface area contributed by atoms with Gasteiger partial charge in [0.15, 0.2) is 0 Å². The number of anilines is 2. The zero-order valence-electron chi connectivity index (χ0n) is 13.8. The lowest BCUT2D eigenvalue weighted by molar-refractivity contribution is 0.702. The molecule has 0 amide bonds. The first-order chi connectivity index (χ1) is 12.1. The van der Waals surface area contributed by atoms with Gasteiger partial charge in [-0.15, -0.1) is 0 Å². The van der Waals surface area contributed by atoms with E-state index in [0.717, 1.165) is 16.6 Å². The van der Waals surface area contributed by atoms with E-state index in [-0.39, 0.29) is 5.56 Å². The Labute approximate surface area is 143 Å². The second-order valence-electron chi connectivity index (χ2n) is 5.75. The summed E-state index contributed by atoms with van der Waals surface area (Å²) in [5, 5.41) is 8.38. The van der Waals surface area contributed by atoms with Gasteiger partial charge in [0, 0.05) is 42.3 Å². The molecule has 7 heteroatoms. The summed E-state index contributed by atoms with van der Waals surface area (Å²) in [6, 6.07) is 9.77. The van der Waals surface area contributed by atoms with E-state index in [1.165, 1.54) is 4.68 Å². The van der Waals surface area contributed by atoms with Gasteiger partial charge in [-0.1, -0.05) is 0 Å². The number of aryl methyl sites for hydroxylation is 1. The molecule has 0 radical (unpaired) electrons. The lowest BCUT2D eigenvalue weighted by atomic mass is 10.2. The van der Waals surface area contributed by atoms with Crippen molar-refractivity contribution in [3.63, 3.8) is 0 Å². The van der Waals surface area contributed by atoms with E-state index >= 15 is 0 Å². The molecule has 3 heterocycles. The Hall–Kier alpha value is -3.48. The van der Waals surface area contributed by atoms with Crippen LogP contribution in [0.25, 0.3) is 16.9 Å².